The van der Waals surface area contributed by atoms with Gasteiger partial charge in [-0.2, -0.15) is 0 Å². The van der Waals surface area contributed by atoms with E-state index < -0.39 is 17.1 Å². The highest BCUT2D eigenvalue weighted by atomic mass is 32.2. The Balaban J connectivity index is 2.37. The van der Waals surface area contributed by atoms with Crippen LogP contribution in [0.5, 0.6) is 0 Å². The van der Waals surface area contributed by atoms with Crippen LogP contribution in [0.4, 0.5) is 0 Å². The molecule has 20 heavy (non-hydrogen) atoms. The Morgan fingerprint density at radius 1 is 1.45 bits per heavy atom. The quantitative estimate of drug-likeness (QED) is 0.751. The lowest BCUT2D eigenvalue weighted by atomic mass is 10.4. The van der Waals surface area contributed by atoms with Crippen molar-refractivity contribution in [2.24, 2.45) is 11.5 Å². The lowest BCUT2D eigenvalue weighted by molar-refractivity contribution is -0.118. The van der Waals surface area contributed by atoms with Crippen LogP contribution in [0.1, 0.15) is 6.92 Å². The first-order valence-corrected chi connectivity index (χ1v) is 7.46. The zero-order valence-electron chi connectivity index (χ0n) is 10.6. The normalized spacial score (nSPS) is 12.2. The summed E-state index contributed by atoms with van der Waals surface area (Å²) in [5.74, 6) is -0.407. The lowest BCUT2D eigenvalue weighted by Crippen LogP contribution is -2.24. The fourth-order valence-electron chi connectivity index (χ4n) is 1.48. The van der Waals surface area contributed by atoms with E-state index in [0.717, 1.165) is 16.6 Å². The first-order valence-electron chi connectivity index (χ1n) is 5.70. The number of aromatic nitrogens is 3. The number of hydrogen-bond donors (Lipinski definition) is 2. The number of thiophene rings is 1. The molecule has 106 valence electrons. The van der Waals surface area contributed by atoms with Crippen LogP contribution in [0.25, 0.3) is 10.7 Å². The second-order valence-corrected chi connectivity index (χ2v) is 6.25. The predicted octanol–water partition coefficient (Wildman–Crippen LogP) is 0.458. The Kier molecular flexibility index (Phi) is 4.40. The van der Waals surface area contributed by atoms with Crippen molar-refractivity contribution in [1.82, 2.24) is 14.8 Å². The molecular weight excluding hydrogens is 298 g/mol. The third-order valence-corrected chi connectivity index (χ3v) is 4.42. The van der Waals surface area contributed by atoms with Gasteiger partial charge in [-0.1, -0.05) is 17.8 Å². The number of hydrogen-bond acceptors (Lipinski definition) is 6. The van der Waals surface area contributed by atoms with Gasteiger partial charge in [-0.25, -0.2) is 0 Å². The number of nitrogens with two attached hydrogens (primary N) is 2. The van der Waals surface area contributed by atoms with Gasteiger partial charge in [-0.3, -0.25) is 14.2 Å². The molecule has 2 aromatic heterocycles. The number of thioether (sulfide) groups is 1. The molecular formula is C11H13N5O2S2. The molecule has 2 amide bonds. The fourth-order valence-corrected chi connectivity index (χ4v) is 2.99. The number of carbonyl (C=O) groups excluding carboxylic acids is 2. The van der Waals surface area contributed by atoms with Crippen molar-refractivity contribution in [2.75, 3.05) is 0 Å². The third kappa shape index (κ3) is 3.17. The van der Waals surface area contributed by atoms with Gasteiger partial charge in [-0.15, -0.1) is 21.5 Å². The van der Waals surface area contributed by atoms with E-state index >= 15 is 0 Å². The van der Waals surface area contributed by atoms with Crippen molar-refractivity contribution >= 4 is 34.9 Å². The van der Waals surface area contributed by atoms with E-state index in [4.69, 9.17) is 11.5 Å². The van der Waals surface area contributed by atoms with Crippen LogP contribution in [0.3, 0.4) is 0 Å². The Bertz CT molecular complexity index is 623. The molecule has 7 nitrogen and oxygen atoms in total. The molecule has 2 aromatic rings. The van der Waals surface area contributed by atoms with Crippen LogP contribution in [0.15, 0.2) is 22.7 Å². The van der Waals surface area contributed by atoms with Crippen LogP contribution in [-0.4, -0.2) is 31.8 Å². The summed E-state index contributed by atoms with van der Waals surface area (Å²) in [4.78, 5) is 23.2. The van der Waals surface area contributed by atoms with E-state index in [1.807, 2.05) is 17.5 Å². The molecule has 0 fully saturated rings. The van der Waals surface area contributed by atoms with Crippen molar-refractivity contribution in [2.45, 2.75) is 23.9 Å². The third-order valence-electron chi connectivity index (χ3n) is 2.46. The van der Waals surface area contributed by atoms with Crippen LogP contribution in [-0.2, 0) is 16.1 Å². The van der Waals surface area contributed by atoms with Crippen LogP contribution < -0.4 is 11.5 Å². The molecule has 0 aliphatic heterocycles. The summed E-state index contributed by atoms with van der Waals surface area (Å²) in [5.41, 5.74) is 10.5. The molecule has 0 saturated heterocycles. The highest BCUT2D eigenvalue weighted by Crippen LogP contribution is 2.28. The number of rotatable bonds is 6. The average molecular weight is 311 g/mol. The maximum absolute atomic E-state index is 11.2. The van der Waals surface area contributed by atoms with Crippen LogP contribution in [0, 0.1) is 0 Å². The SMILES string of the molecule is CC(Sc1nnc(-c2cccs2)n1CC(N)=O)C(N)=O. The van der Waals surface area contributed by atoms with E-state index in [1.165, 1.54) is 11.3 Å². The summed E-state index contributed by atoms with van der Waals surface area (Å²) in [6.45, 7) is 1.62. The molecule has 4 N–H and O–H groups in total. The molecule has 2 rings (SSSR count). The van der Waals surface area contributed by atoms with Crippen LogP contribution in [0.2, 0.25) is 0 Å². The van der Waals surface area contributed by atoms with Crippen molar-refractivity contribution in [3.63, 3.8) is 0 Å². The number of primary amides is 2. The Hall–Kier alpha value is -1.87. The monoisotopic (exact) mass is 311 g/mol. The second kappa shape index (κ2) is 6.06. The topological polar surface area (TPSA) is 117 Å². The highest BCUT2D eigenvalue weighted by molar-refractivity contribution is 8.00. The standard InChI is InChI=1S/C11H13N5O2S2/c1-6(9(13)18)20-11-15-14-10(7-3-2-4-19-7)16(11)5-8(12)17/h2-4,6H,5H2,1H3,(H2,12,17)(H2,13,18). The summed E-state index contributed by atoms with van der Waals surface area (Å²) in [5, 5.41) is 9.95. The molecule has 0 saturated carbocycles. The van der Waals surface area contributed by atoms with E-state index in [1.54, 1.807) is 11.5 Å². The van der Waals surface area contributed by atoms with E-state index in [9.17, 15) is 9.59 Å². The minimum Gasteiger partial charge on any atom is -0.369 e. The molecule has 0 bridgehead atoms. The lowest BCUT2D eigenvalue weighted by Gasteiger charge is -2.09. The number of nitrogens with zero attached hydrogens (tertiary/aromatic N) is 3. The molecule has 0 radical (unpaired) electrons. The van der Waals surface area contributed by atoms with E-state index in [2.05, 4.69) is 10.2 Å². The van der Waals surface area contributed by atoms with Gasteiger partial charge in [0.2, 0.25) is 11.8 Å². The molecule has 0 aliphatic carbocycles. The first-order chi connectivity index (χ1) is 9.49. The Morgan fingerprint density at radius 2 is 2.20 bits per heavy atom. The zero-order valence-corrected chi connectivity index (χ0v) is 12.3. The van der Waals surface area contributed by atoms with Gasteiger partial charge >= 0.3 is 0 Å². The Labute approximate surface area is 123 Å². The highest BCUT2D eigenvalue weighted by Gasteiger charge is 2.20. The molecule has 1 unspecified atom stereocenters. The summed E-state index contributed by atoms with van der Waals surface area (Å²) in [7, 11) is 0. The first kappa shape index (κ1) is 14.5. The molecule has 9 heteroatoms. The average Bonchev–Trinajstić information content (AvgIpc) is 2.99. The maximum atomic E-state index is 11.2. The van der Waals surface area contributed by atoms with Gasteiger partial charge in [-0.05, 0) is 18.4 Å². The van der Waals surface area contributed by atoms with Gasteiger partial charge in [0.15, 0.2) is 11.0 Å². The minimum absolute atomic E-state index is 0.0476. The van der Waals surface area contributed by atoms with E-state index in [-0.39, 0.29) is 6.54 Å². The molecule has 0 aromatic carbocycles. The van der Waals surface area contributed by atoms with Gasteiger partial charge < -0.3 is 11.5 Å². The minimum atomic E-state index is -0.504. The van der Waals surface area contributed by atoms with Gasteiger partial charge in [0.1, 0.15) is 6.54 Å². The smallest absolute Gasteiger partial charge is 0.237 e. The number of carbonyl (C=O) groups is 2. The van der Waals surface area contributed by atoms with Crippen molar-refractivity contribution < 1.29 is 9.59 Å². The fraction of sp³-hybridized carbons (Fsp3) is 0.273. The van der Waals surface area contributed by atoms with Crippen LogP contribution >= 0.6 is 23.1 Å². The number of amides is 2. The van der Waals surface area contributed by atoms with Crippen molar-refractivity contribution in [1.29, 1.82) is 0 Å². The van der Waals surface area contributed by atoms with Crippen molar-refractivity contribution in [3.05, 3.63) is 17.5 Å². The Morgan fingerprint density at radius 3 is 2.75 bits per heavy atom. The van der Waals surface area contributed by atoms with Gasteiger partial charge in [0.25, 0.3) is 0 Å². The largest absolute Gasteiger partial charge is 0.369 e. The van der Waals surface area contributed by atoms with Gasteiger partial charge in [0, 0.05) is 0 Å². The zero-order chi connectivity index (χ0) is 14.7. The second-order valence-electron chi connectivity index (χ2n) is 4.00. The molecule has 0 spiro atoms. The molecule has 2 heterocycles. The molecule has 1 atom stereocenters. The maximum Gasteiger partial charge on any atom is 0.237 e. The van der Waals surface area contributed by atoms with Crippen molar-refractivity contribution in [3.8, 4) is 10.7 Å². The summed E-state index contributed by atoms with van der Waals surface area (Å²) in [6, 6.07) is 3.75. The summed E-state index contributed by atoms with van der Waals surface area (Å²) in [6.07, 6.45) is 0. The summed E-state index contributed by atoms with van der Waals surface area (Å²) >= 11 is 2.63. The van der Waals surface area contributed by atoms with Gasteiger partial charge in [0.05, 0.1) is 10.1 Å². The van der Waals surface area contributed by atoms with E-state index in [0.29, 0.717) is 11.0 Å². The summed E-state index contributed by atoms with van der Waals surface area (Å²) < 4.78 is 1.60. The molecule has 0 aliphatic rings. The predicted molar refractivity (Wildman–Crippen MR) is 77.0 cm³/mol.